The van der Waals surface area contributed by atoms with Crippen LogP contribution >= 0.6 is 0 Å². The largest absolute Gasteiger partial charge is 0.497 e. The lowest BCUT2D eigenvalue weighted by Crippen LogP contribution is -2.48. The predicted octanol–water partition coefficient (Wildman–Crippen LogP) is 2.80. The average molecular weight is 325 g/mol. The van der Waals surface area contributed by atoms with Crippen molar-refractivity contribution in [2.45, 2.75) is 25.8 Å². The Balaban J connectivity index is 1.67. The maximum Gasteiger partial charge on any atom is 0.251 e. The van der Waals surface area contributed by atoms with Gasteiger partial charge < -0.3 is 15.0 Å². The summed E-state index contributed by atoms with van der Waals surface area (Å²) in [4.78, 5) is 18.8. The molecule has 1 aliphatic rings. The molecule has 24 heavy (non-hydrogen) atoms. The highest BCUT2D eigenvalue weighted by Crippen LogP contribution is 2.24. The van der Waals surface area contributed by atoms with E-state index in [1.54, 1.807) is 25.6 Å². The molecule has 1 saturated heterocycles. The molecular weight excluding hydrogens is 302 g/mol. The van der Waals surface area contributed by atoms with Gasteiger partial charge in [-0.05, 0) is 43.5 Å². The summed E-state index contributed by atoms with van der Waals surface area (Å²) in [5.41, 5.74) is 2.73. The molecule has 1 atom stereocenters. The molecule has 0 spiro atoms. The third-order valence-electron chi connectivity index (χ3n) is 4.44. The summed E-state index contributed by atoms with van der Waals surface area (Å²) in [6, 6.07) is 9.98. The highest BCUT2D eigenvalue weighted by atomic mass is 16.5. The van der Waals surface area contributed by atoms with Gasteiger partial charge in [0.05, 0.1) is 7.11 Å². The Bertz CT molecular complexity index is 717. The van der Waals surface area contributed by atoms with Gasteiger partial charge in [0.15, 0.2) is 0 Å². The lowest BCUT2D eigenvalue weighted by molar-refractivity contribution is 0.0932. The Labute approximate surface area is 142 Å². The molecule has 2 aromatic rings. The first-order chi connectivity index (χ1) is 11.7. The first kappa shape index (κ1) is 16.3. The number of carbonyl (C=O) groups is 1. The number of carbonyl (C=O) groups excluding carboxylic acids is 1. The van der Waals surface area contributed by atoms with Gasteiger partial charge in [0, 0.05) is 48.8 Å². The van der Waals surface area contributed by atoms with E-state index in [1.165, 1.54) is 0 Å². The summed E-state index contributed by atoms with van der Waals surface area (Å²) in [6.07, 6.45) is 5.43. The van der Waals surface area contributed by atoms with Crippen LogP contribution in [-0.2, 0) is 0 Å². The molecule has 1 aromatic heterocycles. The number of piperidine rings is 1. The first-order valence-electron chi connectivity index (χ1n) is 8.28. The van der Waals surface area contributed by atoms with E-state index in [9.17, 15) is 4.79 Å². The number of ether oxygens (including phenoxy) is 1. The van der Waals surface area contributed by atoms with Crippen LogP contribution in [0.3, 0.4) is 0 Å². The van der Waals surface area contributed by atoms with Crippen LogP contribution in [0, 0.1) is 6.92 Å². The Morgan fingerprint density at radius 1 is 1.38 bits per heavy atom. The number of hydrogen-bond donors (Lipinski definition) is 1. The molecule has 1 unspecified atom stereocenters. The Kier molecular flexibility index (Phi) is 4.99. The van der Waals surface area contributed by atoms with Crippen molar-refractivity contribution in [3.8, 4) is 5.75 Å². The van der Waals surface area contributed by atoms with E-state index < -0.39 is 0 Å². The van der Waals surface area contributed by atoms with Gasteiger partial charge in [0.2, 0.25) is 0 Å². The molecular formula is C19H23N3O2. The van der Waals surface area contributed by atoms with Gasteiger partial charge in [-0.3, -0.25) is 9.78 Å². The zero-order valence-corrected chi connectivity index (χ0v) is 14.2. The highest BCUT2D eigenvalue weighted by Gasteiger charge is 2.22. The summed E-state index contributed by atoms with van der Waals surface area (Å²) in [5, 5.41) is 3.16. The Morgan fingerprint density at radius 2 is 2.25 bits per heavy atom. The monoisotopic (exact) mass is 325 g/mol. The maximum atomic E-state index is 12.5. The number of nitrogens with zero attached hydrogens (tertiary/aromatic N) is 2. The van der Waals surface area contributed by atoms with Crippen LogP contribution in [0.25, 0.3) is 0 Å². The molecule has 126 valence electrons. The number of anilines is 1. The minimum atomic E-state index is -0.0209. The number of nitrogens with one attached hydrogen (secondary N) is 1. The van der Waals surface area contributed by atoms with Gasteiger partial charge in [0.1, 0.15) is 5.75 Å². The third kappa shape index (κ3) is 3.67. The van der Waals surface area contributed by atoms with E-state index >= 15 is 0 Å². The summed E-state index contributed by atoms with van der Waals surface area (Å²) in [5.74, 6) is 0.832. The first-order valence-corrected chi connectivity index (χ1v) is 8.28. The van der Waals surface area contributed by atoms with Gasteiger partial charge in [-0.15, -0.1) is 0 Å². The maximum absolute atomic E-state index is 12.5. The SMILES string of the molecule is COc1cccc(N2CCCC(NC(=O)c3ccncc3C)C2)c1. The standard InChI is InChI=1S/C19H23N3O2/c1-14-12-20-9-8-18(14)19(23)21-15-5-4-10-22(13-15)16-6-3-7-17(11-16)24-2/h3,6-9,11-12,15H,4-5,10,13H2,1-2H3,(H,21,23). The van der Waals surface area contributed by atoms with Gasteiger partial charge in [-0.1, -0.05) is 6.07 Å². The van der Waals surface area contributed by atoms with E-state index in [4.69, 9.17) is 4.74 Å². The van der Waals surface area contributed by atoms with E-state index in [0.29, 0.717) is 5.56 Å². The molecule has 2 heterocycles. The Morgan fingerprint density at radius 3 is 3.04 bits per heavy atom. The number of amides is 1. The molecule has 1 N–H and O–H groups in total. The molecule has 1 fully saturated rings. The van der Waals surface area contributed by atoms with Crippen molar-refractivity contribution < 1.29 is 9.53 Å². The Hall–Kier alpha value is -2.56. The molecule has 0 bridgehead atoms. The molecule has 1 aliphatic heterocycles. The minimum absolute atomic E-state index is 0.0209. The zero-order valence-electron chi connectivity index (χ0n) is 14.2. The van der Waals surface area contributed by atoms with Crippen LogP contribution in [0.2, 0.25) is 0 Å². The molecule has 3 rings (SSSR count). The second-order valence-corrected chi connectivity index (χ2v) is 6.15. The zero-order chi connectivity index (χ0) is 16.9. The molecule has 1 aromatic carbocycles. The molecule has 0 radical (unpaired) electrons. The number of pyridine rings is 1. The highest BCUT2D eigenvalue weighted by molar-refractivity contribution is 5.95. The van der Waals surface area contributed by atoms with Gasteiger partial charge >= 0.3 is 0 Å². The number of benzene rings is 1. The fourth-order valence-electron chi connectivity index (χ4n) is 3.13. The van der Waals surface area contributed by atoms with Crippen molar-refractivity contribution in [3.05, 3.63) is 53.9 Å². The van der Waals surface area contributed by atoms with Crippen LogP contribution in [0.5, 0.6) is 5.75 Å². The van der Waals surface area contributed by atoms with Crippen LogP contribution in [0.15, 0.2) is 42.7 Å². The minimum Gasteiger partial charge on any atom is -0.497 e. The van der Waals surface area contributed by atoms with Crippen molar-refractivity contribution in [2.24, 2.45) is 0 Å². The van der Waals surface area contributed by atoms with Crippen LogP contribution < -0.4 is 15.0 Å². The van der Waals surface area contributed by atoms with Crippen molar-refractivity contribution in [1.82, 2.24) is 10.3 Å². The molecule has 5 heteroatoms. The lowest BCUT2D eigenvalue weighted by atomic mass is 10.0. The molecule has 1 amide bonds. The summed E-state index contributed by atoms with van der Waals surface area (Å²) in [6.45, 7) is 3.71. The fourth-order valence-corrected chi connectivity index (χ4v) is 3.13. The number of aryl methyl sites for hydroxylation is 1. The summed E-state index contributed by atoms with van der Waals surface area (Å²) < 4.78 is 5.31. The number of rotatable bonds is 4. The second kappa shape index (κ2) is 7.34. The second-order valence-electron chi connectivity index (χ2n) is 6.15. The van der Waals surface area contributed by atoms with Crippen LogP contribution in [0.4, 0.5) is 5.69 Å². The quantitative estimate of drug-likeness (QED) is 0.939. The predicted molar refractivity (Wildman–Crippen MR) is 94.7 cm³/mol. The van der Waals surface area contributed by atoms with Crippen LogP contribution in [-0.4, -0.2) is 37.1 Å². The third-order valence-corrected chi connectivity index (χ3v) is 4.44. The molecule has 0 aliphatic carbocycles. The number of hydrogen-bond acceptors (Lipinski definition) is 4. The van der Waals surface area contributed by atoms with Gasteiger partial charge in [-0.2, -0.15) is 0 Å². The van der Waals surface area contributed by atoms with Crippen molar-refractivity contribution in [3.63, 3.8) is 0 Å². The van der Waals surface area contributed by atoms with Crippen molar-refractivity contribution in [2.75, 3.05) is 25.1 Å². The van der Waals surface area contributed by atoms with E-state index in [0.717, 1.165) is 42.9 Å². The van der Waals surface area contributed by atoms with E-state index in [-0.39, 0.29) is 11.9 Å². The molecule has 0 saturated carbocycles. The van der Waals surface area contributed by atoms with E-state index in [1.807, 2.05) is 25.1 Å². The van der Waals surface area contributed by atoms with Crippen molar-refractivity contribution in [1.29, 1.82) is 0 Å². The van der Waals surface area contributed by atoms with Gasteiger partial charge in [0.25, 0.3) is 5.91 Å². The van der Waals surface area contributed by atoms with Gasteiger partial charge in [-0.25, -0.2) is 0 Å². The topological polar surface area (TPSA) is 54.5 Å². The lowest BCUT2D eigenvalue weighted by Gasteiger charge is -2.35. The molecule has 5 nitrogen and oxygen atoms in total. The fraction of sp³-hybridized carbons (Fsp3) is 0.368. The normalized spacial score (nSPS) is 17.4. The average Bonchev–Trinajstić information content (AvgIpc) is 2.62. The summed E-state index contributed by atoms with van der Waals surface area (Å²) >= 11 is 0. The van der Waals surface area contributed by atoms with E-state index in [2.05, 4.69) is 21.3 Å². The number of methoxy groups -OCH3 is 1. The van der Waals surface area contributed by atoms with Crippen LogP contribution in [0.1, 0.15) is 28.8 Å². The number of aromatic nitrogens is 1. The summed E-state index contributed by atoms with van der Waals surface area (Å²) in [7, 11) is 1.68. The smallest absolute Gasteiger partial charge is 0.251 e. The van der Waals surface area contributed by atoms with Crippen molar-refractivity contribution >= 4 is 11.6 Å².